The van der Waals surface area contributed by atoms with Gasteiger partial charge in [-0.25, -0.2) is 5.43 Å². The van der Waals surface area contributed by atoms with Crippen molar-refractivity contribution in [2.24, 2.45) is 11.0 Å². The summed E-state index contributed by atoms with van der Waals surface area (Å²) in [6.45, 7) is 3.64. The molecule has 7 heteroatoms. The topological polar surface area (TPSA) is 90.8 Å². The highest BCUT2D eigenvalue weighted by Crippen LogP contribution is 2.12. The molecule has 0 aromatic heterocycles. The van der Waals surface area contributed by atoms with E-state index < -0.39 is 17.9 Å². The van der Waals surface area contributed by atoms with Gasteiger partial charge in [-0.15, -0.1) is 0 Å². The molecule has 1 atom stereocenters. The van der Waals surface area contributed by atoms with Gasteiger partial charge in [0.05, 0.1) is 6.21 Å². The largest absolute Gasteiger partial charge is 0.508 e. The van der Waals surface area contributed by atoms with Crippen molar-refractivity contribution in [1.29, 1.82) is 0 Å². The number of hydrogen-bond acceptors (Lipinski definition) is 4. The third kappa shape index (κ3) is 5.60. The van der Waals surface area contributed by atoms with Gasteiger partial charge in [-0.1, -0.05) is 43.6 Å². The van der Waals surface area contributed by atoms with E-state index >= 15 is 0 Å². The van der Waals surface area contributed by atoms with E-state index in [0.29, 0.717) is 16.1 Å². The molecule has 6 nitrogen and oxygen atoms in total. The summed E-state index contributed by atoms with van der Waals surface area (Å²) in [5, 5.41) is 16.4. The Hall–Kier alpha value is -2.86. The first-order chi connectivity index (χ1) is 12.4. The number of halogens is 1. The third-order valence-electron chi connectivity index (χ3n) is 3.58. The summed E-state index contributed by atoms with van der Waals surface area (Å²) in [5.41, 5.74) is 3.42. The number of hydrogen-bond donors (Lipinski definition) is 3. The fraction of sp³-hybridized carbons (Fsp3) is 0.211. The Morgan fingerprint density at radius 2 is 1.88 bits per heavy atom. The Kier molecular flexibility index (Phi) is 6.74. The number of benzene rings is 2. The third-order valence-corrected chi connectivity index (χ3v) is 3.82. The second kappa shape index (κ2) is 9.01. The molecule has 0 spiro atoms. The molecule has 1 unspecified atom stereocenters. The monoisotopic (exact) mass is 373 g/mol. The Balaban J connectivity index is 2.02. The molecule has 0 aliphatic heterocycles. The molecule has 3 N–H and O–H groups in total. The maximum atomic E-state index is 12.4. The standard InChI is InChI=1S/C19H20ClN3O3/c1-12(2)17(22-18(25)14-6-4-7-15(20)10-14)19(26)23-21-11-13-5-3-8-16(24)9-13/h3-12,17,24H,1-2H3,(H,22,25)(H,23,26). The minimum atomic E-state index is -0.761. The molecule has 0 aliphatic carbocycles. The van der Waals surface area contributed by atoms with E-state index in [-0.39, 0.29) is 11.7 Å². The van der Waals surface area contributed by atoms with Crippen molar-refractivity contribution in [3.8, 4) is 5.75 Å². The lowest BCUT2D eigenvalue weighted by atomic mass is 10.0. The van der Waals surface area contributed by atoms with Crippen LogP contribution in [0.4, 0.5) is 0 Å². The number of carbonyl (C=O) groups excluding carboxylic acids is 2. The predicted molar refractivity (Wildman–Crippen MR) is 101 cm³/mol. The van der Waals surface area contributed by atoms with E-state index in [0.717, 1.165) is 0 Å². The van der Waals surface area contributed by atoms with Gasteiger partial charge in [0.1, 0.15) is 11.8 Å². The number of nitrogens with zero attached hydrogens (tertiary/aromatic N) is 1. The van der Waals surface area contributed by atoms with Crippen LogP contribution in [0, 0.1) is 5.92 Å². The van der Waals surface area contributed by atoms with Gasteiger partial charge in [-0.2, -0.15) is 5.10 Å². The average molecular weight is 374 g/mol. The minimum Gasteiger partial charge on any atom is -0.508 e. The lowest BCUT2D eigenvalue weighted by Crippen LogP contribution is -2.48. The van der Waals surface area contributed by atoms with E-state index in [9.17, 15) is 14.7 Å². The normalized spacial score (nSPS) is 12.2. The van der Waals surface area contributed by atoms with Gasteiger partial charge >= 0.3 is 0 Å². The molecule has 26 heavy (non-hydrogen) atoms. The van der Waals surface area contributed by atoms with Crippen LogP contribution in [0.25, 0.3) is 0 Å². The first kappa shape index (κ1) is 19.5. The van der Waals surface area contributed by atoms with Crippen molar-refractivity contribution in [2.75, 3.05) is 0 Å². The van der Waals surface area contributed by atoms with Gasteiger partial charge in [0, 0.05) is 10.6 Å². The van der Waals surface area contributed by atoms with Crippen LogP contribution in [0.2, 0.25) is 5.02 Å². The zero-order chi connectivity index (χ0) is 19.1. The predicted octanol–water partition coefficient (Wildman–Crippen LogP) is 2.95. The van der Waals surface area contributed by atoms with Gasteiger partial charge in [0.25, 0.3) is 11.8 Å². The molecule has 0 fully saturated rings. The SMILES string of the molecule is CC(C)C(NC(=O)c1cccc(Cl)c1)C(=O)NN=Cc1cccc(O)c1. The number of phenols is 1. The van der Waals surface area contributed by atoms with Crippen molar-refractivity contribution in [2.45, 2.75) is 19.9 Å². The Bertz CT molecular complexity index is 821. The summed E-state index contributed by atoms with van der Waals surface area (Å²) < 4.78 is 0. The second-order valence-corrected chi connectivity index (χ2v) is 6.47. The van der Waals surface area contributed by atoms with Crippen molar-refractivity contribution in [1.82, 2.24) is 10.7 Å². The van der Waals surface area contributed by atoms with E-state index in [1.165, 1.54) is 24.4 Å². The molecule has 136 valence electrons. The Morgan fingerprint density at radius 1 is 1.15 bits per heavy atom. The molecule has 0 heterocycles. The molecule has 0 bridgehead atoms. The number of hydrazone groups is 1. The van der Waals surface area contributed by atoms with Gasteiger partial charge in [0.2, 0.25) is 0 Å². The molecule has 2 aromatic rings. The molecule has 0 saturated heterocycles. The molecule has 0 aliphatic rings. The lowest BCUT2D eigenvalue weighted by molar-refractivity contribution is -0.123. The minimum absolute atomic E-state index is 0.106. The van der Waals surface area contributed by atoms with E-state index in [1.54, 1.807) is 30.3 Å². The maximum Gasteiger partial charge on any atom is 0.262 e. The van der Waals surface area contributed by atoms with Crippen LogP contribution < -0.4 is 10.7 Å². The molecule has 2 amide bonds. The fourth-order valence-electron chi connectivity index (χ4n) is 2.23. The van der Waals surface area contributed by atoms with Gasteiger partial charge in [0.15, 0.2) is 0 Å². The zero-order valence-electron chi connectivity index (χ0n) is 14.4. The van der Waals surface area contributed by atoms with Crippen molar-refractivity contribution >= 4 is 29.6 Å². The number of carbonyl (C=O) groups is 2. The van der Waals surface area contributed by atoms with E-state index in [2.05, 4.69) is 15.8 Å². The van der Waals surface area contributed by atoms with Gasteiger partial charge < -0.3 is 10.4 Å². The maximum absolute atomic E-state index is 12.4. The van der Waals surface area contributed by atoms with Crippen molar-refractivity contribution < 1.29 is 14.7 Å². The van der Waals surface area contributed by atoms with Crippen LogP contribution in [0.15, 0.2) is 53.6 Å². The summed E-state index contributed by atoms with van der Waals surface area (Å²) in [4.78, 5) is 24.7. The zero-order valence-corrected chi connectivity index (χ0v) is 15.2. The van der Waals surface area contributed by atoms with Crippen molar-refractivity contribution in [3.05, 3.63) is 64.7 Å². The summed E-state index contributed by atoms with van der Waals surface area (Å²) in [6, 6.07) is 12.2. The summed E-state index contributed by atoms with van der Waals surface area (Å²) in [7, 11) is 0. The number of rotatable bonds is 6. The number of amides is 2. The van der Waals surface area contributed by atoms with Gasteiger partial charge in [-0.3, -0.25) is 9.59 Å². The number of phenolic OH excluding ortho intramolecular Hbond substituents is 1. The van der Waals surface area contributed by atoms with E-state index in [1.807, 2.05) is 13.8 Å². The summed E-state index contributed by atoms with van der Waals surface area (Å²) >= 11 is 5.89. The van der Waals surface area contributed by atoms with Crippen molar-refractivity contribution in [3.63, 3.8) is 0 Å². The average Bonchev–Trinajstić information content (AvgIpc) is 2.59. The first-order valence-electron chi connectivity index (χ1n) is 8.05. The Morgan fingerprint density at radius 3 is 2.54 bits per heavy atom. The van der Waals surface area contributed by atoms with E-state index in [4.69, 9.17) is 11.6 Å². The molecular formula is C19H20ClN3O3. The molecule has 2 rings (SSSR count). The summed E-state index contributed by atoms with van der Waals surface area (Å²) in [6.07, 6.45) is 1.41. The fourth-order valence-corrected chi connectivity index (χ4v) is 2.42. The highest BCUT2D eigenvalue weighted by molar-refractivity contribution is 6.31. The highest BCUT2D eigenvalue weighted by atomic mass is 35.5. The van der Waals surface area contributed by atoms with Gasteiger partial charge in [-0.05, 0) is 41.8 Å². The Labute approximate surface area is 156 Å². The second-order valence-electron chi connectivity index (χ2n) is 6.03. The van der Waals surface area contributed by atoms with Crippen LogP contribution in [0.3, 0.4) is 0 Å². The quantitative estimate of drug-likeness (QED) is 0.537. The van der Waals surface area contributed by atoms with Crippen LogP contribution in [0.5, 0.6) is 5.75 Å². The number of aromatic hydroxyl groups is 1. The molecule has 0 radical (unpaired) electrons. The number of nitrogens with one attached hydrogen (secondary N) is 2. The lowest BCUT2D eigenvalue weighted by Gasteiger charge is -2.20. The van der Waals surface area contributed by atoms with Crippen LogP contribution in [0.1, 0.15) is 29.8 Å². The highest BCUT2D eigenvalue weighted by Gasteiger charge is 2.24. The summed E-state index contributed by atoms with van der Waals surface area (Å²) in [5.74, 6) is -0.867. The molecular weight excluding hydrogens is 354 g/mol. The molecule has 0 saturated carbocycles. The first-order valence-corrected chi connectivity index (χ1v) is 8.43. The van der Waals surface area contributed by atoms with Crippen LogP contribution in [-0.4, -0.2) is 29.2 Å². The smallest absolute Gasteiger partial charge is 0.262 e. The van der Waals surface area contributed by atoms with Crippen LogP contribution in [-0.2, 0) is 4.79 Å². The molecule has 2 aromatic carbocycles. The van der Waals surface area contributed by atoms with Crippen LogP contribution >= 0.6 is 11.6 Å².